The van der Waals surface area contributed by atoms with Gasteiger partial charge in [-0.3, -0.25) is 0 Å². The van der Waals surface area contributed by atoms with Gasteiger partial charge in [-0.05, 0) is 18.5 Å². The van der Waals surface area contributed by atoms with Gasteiger partial charge in [-0.1, -0.05) is 67.6 Å². The van der Waals surface area contributed by atoms with Crippen molar-refractivity contribution in [2.24, 2.45) is 0 Å². The molecule has 0 aromatic heterocycles. The van der Waals surface area contributed by atoms with Crippen LogP contribution in [0.3, 0.4) is 0 Å². The van der Waals surface area contributed by atoms with Gasteiger partial charge in [0.1, 0.15) is 0 Å². The maximum absolute atomic E-state index is 2.93. The van der Waals surface area contributed by atoms with Crippen LogP contribution in [0.2, 0.25) is 0 Å². The van der Waals surface area contributed by atoms with E-state index in [0.717, 1.165) is 19.2 Å². The van der Waals surface area contributed by atoms with E-state index in [-0.39, 0.29) is 17.1 Å². The quantitative estimate of drug-likeness (QED) is 0.445. The van der Waals surface area contributed by atoms with Gasteiger partial charge in [0.2, 0.25) is 0 Å². The van der Waals surface area contributed by atoms with E-state index in [1.807, 2.05) is 0 Å². The minimum absolute atomic E-state index is 0. The van der Waals surface area contributed by atoms with Crippen LogP contribution < -0.4 is 0 Å². The van der Waals surface area contributed by atoms with Crippen LogP contribution in [0, 0.1) is 0 Å². The van der Waals surface area contributed by atoms with Crippen LogP contribution in [0.1, 0.15) is 72.1 Å². The van der Waals surface area contributed by atoms with Gasteiger partial charge in [0.15, 0.2) is 0 Å². The second-order valence-electron chi connectivity index (χ2n) is 6.24. The van der Waals surface area contributed by atoms with Crippen LogP contribution in [-0.2, 0) is 17.1 Å². The van der Waals surface area contributed by atoms with E-state index >= 15 is 0 Å². The van der Waals surface area contributed by atoms with Gasteiger partial charge in [0.05, 0.1) is 0 Å². The molecule has 0 aliphatic heterocycles. The third kappa shape index (κ3) is 8.81. The second-order valence-corrected chi connectivity index (χ2v) is 10.4. The zero-order valence-electron chi connectivity index (χ0n) is 12.2. The average molecular weight is 348 g/mol. The van der Waals surface area contributed by atoms with E-state index in [4.69, 9.17) is 0 Å². The van der Waals surface area contributed by atoms with Crippen molar-refractivity contribution in [3.05, 3.63) is 0 Å². The fourth-order valence-corrected chi connectivity index (χ4v) is 6.90. The van der Waals surface area contributed by atoms with E-state index in [9.17, 15) is 0 Å². The Bertz CT molecular complexity index is 195. The first-order valence-electron chi connectivity index (χ1n) is 7.17. The minimum atomic E-state index is 0. The predicted octanol–water partition coefficient (Wildman–Crippen LogP) is 5.86. The van der Waals surface area contributed by atoms with E-state index in [2.05, 4.69) is 41.5 Å². The molecule has 0 amide bonds. The number of hydrogen-bond acceptors (Lipinski definition) is 1. The van der Waals surface area contributed by atoms with Crippen LogP contribution in [0.25, 0.3) is 0 Å². The standard InChI is InChI=1S/C9H20P2S.C5H10.Fe/c1-9(2,3)12-8-6-4-5-7(8)11-10;1-2-4-5-3-1;/h7-8,11H,4-6,10H2,1-3H3;1-5H2;. The summed E-state index contributed by atoms with van der Waals surface area (Å²) in [5.74, 6) is 0. The second kappa shape index (κ2) is 10.5. The Balaban J connectivity index is 0.000000405. The molecule has 2 aliphatic rings. The normalized spacial score (nSPS) is 28.0. The molecular formula is C14H30FeP2S. The fraction of sp³-hybridized carbons (Fsp3) is 1.00. The Morgan fingerprint density at radius 3 is 1.83 bits per heavy atom. The summed E-state index contributed by atoms with van der Waals surface area (Å²) in [6, 6.07) is 0. The smallest absolute Gasteiger partial charge is 0.0120 e. The largest absolute Gasteiger partial charge is 0.152 e. The van der Waals surface area contributed by atoms with E-state index in [1.165, 1.54) is 51.4 Å². The summed E-state index contributed by atoms with van der Waals surface area (Å²) in [5.41, 5.74) is 0.999. The van der Waals surface area contributed by atoms with Gasteiger partial charge in [0, 0.05) is 27.1 Å². The van der Waals surface area contributed by atoms with Crippen molar-refractivity contribution in [2.75, 3.05) is 0 Å². The zero-order valence-corrected chi connectivity index (χ0v) is 16.2. The van der Waals surface area contributed by atoms with Gasteiger partial charge < -0.3 is 0 Å². The van der Waals surface area contributed by atoms with Crippen molar-refractivity contribution < 1.29 is 17.1 Å². The topological polar surface area (TPSA) is 0 Å². The summed E-state index contributed by atoms with van der Waals surface area (Å²) in [4.78, 5) is 0. The summed E-state index contributed by atoms with van der Waals surface area (Å²) in [6.45, 7) is 7.00. The van der Waals surface area contributed by atoms with Gasteiger partial charge in [-0.2, -0.15) is 11.8 Å². The molecule has 2 saturated carbocycles. The molecule has 0 aromatic rings. The molecule has 0 nitrogen and oxygen atoms in total. The molecule has 18 heavy (non-hydrogen) atoms. The van der Waals surface area contributed by atoms with Crippen LogP contribution in [0.5, 0.6) is 0 Å². The van der Waals surface area contributed by atoms with Crippen LogP contribution in [-0.4, -0.2) is 15.7 Å². The Kier molecular flexibility index (Phi) is 11.5. The molecule has 2 aliphatic carbocycles. The van der Waals surface area contributed by atoms with Crippen molar-refractivity contribution in [1.29, 1.82) is 0 Å². The molecule has 4 heteroatoms. The zero-order chi connectivity index (χ0) is 12.7. The summed E-state index contributed by atoms with van der Waals surface area (Å²) in [7, 11) is 4.01. The number of rotatable bonds is 2. The van der Waals surface area contributed by atoms with Gasteiger partial charge in [-0.15, -0.1) is 8.93 Å². The molecule has 4 atom stereocenters. The number of thioether (sulfide) groups is 1. The molecule has 0 bridgehead atoms. The van der Waals surface area contributed by atoms with E-state index < -0.39 is 0 Å². The SMILES string of the molecule is C1CCCC1.CC(C)(C)SC1CCCC1PP.[Fe]. The van der Waals surface area contributed by atoms with Crippen LogP contribution >= 0.6 is 29.0 Å². The third-order valence-electron chi connectivity index (χ3n) is 3.42. The summed E-state index contributed by atoms with van der Waals surface area (Å²) < 4.78 is 0.456. The first kappa shape index (κ1) is 19.7. The molecule has 2 fully saturated rings. The maximum Gasteiger partial charge on any atom is 0.0120 e. The van der Waals surface area contributed by atoms with Crippen molar-refractivity contribution in [1.82, 2.24) is 0 Å². The molecule has 4 unspecified atom stereocenters. The molecule has 0 aromatic carbocycles. The van der Waals surface area contributed by atoms with E-state index in [1.54, 1.807) is 0 Å². The Hall–Kier alpha value is 1.73. The van der Waals surface area contributed by atoms with Crippen molar-refractivity contribution in [3.8, 4) is 0 Å². The monoisotopic (exact) mass is 348 g/mol. The fourth-order valence-electron chi connectivity index (χ4n) is 2.60. The first-order valence-corrected chi connectivity index (χ1v) is 10.9. The third-order valence-corrected chi connectivity index (χ3v) is 7.64. The summed E-state index contributed by atoms with van der Waals surface area (Å²) >= 11 is 2.19. The molecule has 2 rings (SSSR count). The Morgan fingerprint density at radius 1 is 0.944 bits per heavy atom. The Labute approximate surface area is 133 Å². The number of hydrogen-bond donors (Lipinski definition) is 0. The molecule has 0 saturated heterocycles. The average Bonchev–Trinajstić information content (AvgIpc) is 2.87. The Morgan fingerprint density at radius 2 is 1.44 bits per heavy atom. The van der Waals surface area contributed by atoms with Crippen LogP contribution in [0.4, 0.5) is 0 Å². The molecule has 0 radical (unpaired) electrons. The molecule has 0 heterocycles. The summed E-state index contributed by atoms with van der Waals surface area (Å²) in [5, 5.41) is 0.945. The minimum Gasteiger partial charge on any atom is -0.152 e. The van der Waals surface area contributed by atoms with Crippen molar-refractivity contribution in [3.63, 3.8) is 0 Å². The van der Waals surface area contributed by atoms with E-state index in [0.29, 0.717) is 4.75 Å². The van der Waals surface area contributed by atoms with Gasteiger partial charge in [-0.25, -0.2) is 0 Å². The predicted molar refractivity (Wildman–Crippen MR) is 89.9 cm³/mol. The molecule has 0 spiro atoms. The van der Waals surface area contributed by atoms with Crippen molar-refractivity contribution >= 4 is 29.0 Å². The summed E-state index contributed by atoms with van der Waals surface area (Å²) in [6.07, 6.45) is 11.9. The molecular weight excluding hydrogens is 318 g/mol. The first-order chi connectivity index (χ1) is 8.03. The molecule has 110 valence electrons. The van der Waals surface area contributed by atoms with Crippen LogP contribution in [0.15, 0.2) is 0 Å². The van der Waals surface area contributed by atoms with Gasteiger partial charge in [0.25, 0.3) is 0 Å². The maximum atomic E-state index is 2.93. The van der Waals surface area contributed by atoms with Crippen molar-refractivity contribution in [2.45, 2.75) is 87.8 Å². The van der Waals surface area contributed by atoms with Gasteiger partial charge >= 0.3 is 0 Å². The molecule has 0 N–H and O–H groups in total.